The van der Waals surface area contributed by atoms with Gasteiger partial charge in [-0.05, 0) is 75.2 Å². The quantitative estimate of drug-likeness (QED) is 0.247. The average molecular weight is 655 g/mol. The molecule has 2 aliphatic heterocycles. The molecule has 220 valence electrons. The molecule has 0 bridgehead atoms. The van der Waals surface area contributed by atoms with E-state index in [0.29, 0.717) is 34.5 Å². The Balaban J connectivity index is 1.46. The molecule has 1 atom stereocenters. The highest BCUT2D eigenvalue weighted by Crippen LogP contribution is 2.41. The van der Waals surface area contributed by atoms with Crippen LogP contribution in [-0.4, -0.2) is 59.1 Å². The Bertz CT molecular complexity index is 1570. The van der Waals surface area contributed by atoms with Gasteiger partial charge in [-0.25, -0.2) is 9.79 Å². The summed E-state index contributed by atoms with van der Waals surface area (Å²) < 4.78 is 19.1. The van der Waals surface area contributed by atoms with Gasteiger partial charge in [0.2, 0.25) is 5.91 Å². The predicted octanol–water partition coefficient (Wildman–Crippen LogP) is 6.29. The fourth-order valence-electron chi connectivity index (χ4n) is 4.82. The number of esters is 1. The van der Waals surface area contributed by atoms with Crippen molar-refractivity contribution in [2.24, 2.45) is 4.99 Å². The van der Waals surface area contributed by atoms with Crippen molar-refractivity contribution in [3.05, 3.63) is 74.9 Å². The van der Waals surface area contributed by atoms with Gasteiger partial charge >= 0.3 is 5.97 Å². The van der Waals surface area contributed by atoms with Gasteiger partial charge in [-0.1, -0.05) is 27.7 Å². The van der Waals surface area contributed by atoms with Gasteiger partial charge in [0.15, 0.2) is 0 Å². The molecule has 0 aliphatic carbocycles. The molecule has 2 aliphatic rings. The number of fused-ring (bicyclic) bond motifs is 1. The van der Waals surface area contributed by atoms with Gasteiger partial charge in [0.05, 0.1) is 29.9 Å². The summed E-state index contributed by atoms with van der Waals surface area (Å²) >= 11 is 4.73. The van der Waals surface area contributed by atoms with E-state index < -0.39 is 5.97 Å². The summed E-state index contributed by atoms with van der Waals surface area (Å²) in [6, 6.07) is 13.0. The number of nitrogens with zero attached hydrogens (tertiary/aromatic N) is 2. The van der Waals surface area contributed by atoms with Crippen LogP contribution in [0.1, 0.15) is 32.3 Å². The Morgan fingerprint density at radius 3 is 2.74 bits per heavy atom. The third kappa shape index (κ3) is 6.91. The maximum atomic E-state index is 12.9. The molecule has 1 aromatic heterocycles. The number of aliphatic hydroxyl groups excluding tert-OH is 1. The Labute approximate surface area is 256 Å². The molecular weight excluding hydrogens is 622 g/mol. The molecule has 0 radical (unpaired) electrons. The van der Waals surface area contributed by atoms with E-state index in [2.05, 4.69) is 26.2 Å². The number of aromatic nitrogens is 1. The van der Waals surface area contributed by atoms with E-state index in [4.69, 9.17) is 14.2 Å². The van der Waals surface area contributed by atoms with Crippen molar-refractivity contribution >= 4 is 67.3 Å². The third-order valence-electron chi connectivity index (χ3n) is 6.77. The molecule has 5 rings (SSSR count). The van der Waals surface area contributed by atoms with Crippen LogP contribution in [0, 0.1) is 0 Å². The summed E-state index contributed by atoms with van der Waals surface area (Å²) in [5.74, 6) is -0.248. The van der Waals surface area contributed by atoms with Gasteiger partial charge in [0.1, 0.15) is 28.7 Å². The zero-order chi connectivity index (χ0) is 29.6. The zero-order valence-electron chi connectivity index (χ0n) is 23.4. The lowest BCUT2D eigenvalue weighted by molar-refractivity contribution is -0.138. The highest BCUT2D eigenvalue weighted by molar-refractivity contribution is 9.10. The molecule has 0 saturated carbocycles. The van der Waals surface area contributed by atoms with Crippen molar-refractivity contribution < 1.29 is 28.9 Å². The van der Waals surface area contributed by atoms with Crippen LogP contribution < -0.4 is 10.1 Å². The molecule has 1 amide bonds. The monoisotopic (exact) mass is 653 g/mol. The molecule has 9 nitrogen and oxygen atoms in total. The third-order valence-corrected chi connectivity index (χ3v) is 8.29. The topological polar surface area (TPSA) is 111 Å². The van der Waals surface area contributed by atoms with Crippen LogP contribution in [0.15, 0.2) is 74.4 Å². The summed E-state index contributed by atoms with van der Waals surface area (Å²) in [5.41, 5.74) is 2.25. The summed E-state index contributed by atoms with van der Waals surface area (Å²) in [5, 5.41) is 15.4. The molecule has 2 aromatic carbocycles. The molecule has 0 unspecified atom stereocenters. The molecule has 1 fully saturated rings. The number of halogens is 1. The highest BCUT2D eigenvalue weighted by atomic mass is 79.9. The summed E-state index contributed by atoms with van der Waals surface area (Å²) in [6.07, 6.45) is 5.70. The van der Waals surface area contributed by atoms with Crippen LogP contribution in [0.4, 0.5) is 5.69 Å². The lowest BCUT2D eigenvalue weighted by atomic mass is 10.1. The largest absolute Gasteiger partial charge is 0.506 e. The Morgan fingerprint density at radius 2 is 2.02 bits per heavy atom. The van der Waals surface area contributed by atoms with Crippen molar-refractivity contribution in [3.8, 4) is 5.75 Å². The Kier molecular flexibility index (Phi) is 9.71. The summed E-state index contributed by atoms with van der Waals surface area (Å²) in [6.45, 7) is 5.68. The van der Waals surface area contributed by atoms with Crippen molar-refractivity contribution in [2.75, 3.05) is 26.4 Å². The highest BCUT2D eigenvalue weighted by Gasteiger charge is 2.33. The molecule has 3 aromatic rings. The molecular formula is C31H32BrN3O6S. The maximum absolute atomic E-state index is 12.9. The van der Waals surface area contributed by atoms with Crippen molar-refractivity contribution in [3.63, 3.8) is 0 Å². The van der Waals surface area contributed by atoms with Crippen molar-refractivity contribution in [1.29, 1.82) is 0 Å². The lowest BCUT2D eigenvalue weighted by Gasteiger charge is -2.11. The Hall–Kier alpha value is -3.54. The summed E-state index contributed by atoms with van der Waals surface area (Å²) in [7, 11) is 0. The first kappa shape index (κ1) is 29.9. The first-order valence-electron chi connectivity index (χ1n) is 13.8. The number of hydrogen-bond acceptors (Lipinski definition) is 8. The minimum absolute atomic E-state index is 0.0143. The smallest absolute Gasteiger partial charge is 0.344 e. The van der Waals surface area contributed by atoms with Crippen LogP contribution in [0.2, 0.25) is 0 Å². The van der Waals surface area contributed by atoms with E-state index in [1.54, 1.807) is 37.3 Å². The second-order valence-corrected chi connectivity index (χ2v) is 11.7. The van der Waals surface area contributed by atoms with Gasteiger partial charge < -0.3 is 29.2 Å². The number of carbonyl (C=O) groups is 2. The number of aliphatic imine (C=N–C) groups is 1. The van der Waals surface area contributed by atoms with E-state index in [9.17, 15) is 14.7 Å². The second-order valence-electron chi connectivity index (χ2n) is 9.71. The molecule has 0 spiro atoms. The van der Waals surface area contributed by atoms with Gasteiger partial charge in [-0.15, -0.1) is 0 Å². The standard InChI is InChI=1S/C31H32BrN3O6S/c1-3-39-22-10-8-21(9-11-22)34-30-28(31(38)40-4-2)29(37)26(42-30)14-19-17-35(25-12-7-20(32)15-24(19)25)18-27(36)33-16-23-6-5-13-41-23/h7-12,14-15,17,23,37H,3-6,13,16,18H2,1-2H3,(H,33,36)/b26-14-,34-30?/t23-/m0/s1. The number of aliphatic hydroxyl groups is 1. The number of carbonyl (C=O) groups excluding carboxylic acids is 2. The van der Waals surface area contributed by atoms with Crippen LogP contribution >= 0.6 is 27.7 Å². The van der Waals surface area contributed by atoms with Crippen molar-refractivity contribution in [1.82, 2.24) is 9.88 Å². The van der Waals surface area contributed by atoms with E-state index in [1.807, 2.05) is 35.9 Å². The van der Waals surface area contributed by atoms with Crippen molar-refractivity contribution in [2.45, 2.75) is 39.3 Å². The van der Waals surface area contributed by atoms with Crippen LogP contribution in [0.25, 0.3) is 17.0 Å². The van der Waals surface area contributed by atoms with Gasteiger partial charge in [0, 0.05) is 40.3 Å². The Morgan fingerprint density at radius 1 is 1.21 bits per heavy atom. The average Bonchev–Trinajstić information content (AvgIpc) is 3.68. The molecule has 11 heteroatoms. The van der Waals surface area contributed by atoms with E-state index in [1.165, 1.54) is 11.8 Å². The fraction of sp³-hybridized carbons (Fsp3) is 0.323. The SMILES string of the molecule is CCOC(=O)C1=C(O)/C(=C/c2cn(CC(=O)NC[C@@H]3CCCO3)c3ccc(Br)cc23)SC1=Nc1ccc(OCC)cc1. The van der Waals surface area contributed by atoms with Gasteiger partial charge in [-0.3, -0.25) is 4.79 Å². The predicted molar refractivity (Wildman–Crippen MR) is 168 cm³/mol. The number of ether oxygens (including phenoxy) is 3. The fourth-order valence-corrected chi connectivity index (χ4v) is 6.21. The van der Waals surface area contributed by atoms with E-state index in [-0.39, 0.29) is 36.5 Å². The first-order chi connectivity index (χ1) is 20.4. The van der Waals surface area contributed by atoms with Crippen LogP contribution in [0.5, 0.6) is 5.75 Å². The first-order valence-corrected chi connectivity index (χ1v) is 15.5. The minimum Gasteiger partial charge on any atom is -0.506 e. The lowest BCUT2D eigenvalue weighted by Crippen LogP contribution is -2.34. The molecule has 1 saturated heterocycles. The number of amides is 1. The zero-order valence-corrected chi connectivity index (χ0v) is 25.8. The van der Waals surface area contributed by atoms with E-state index in [0.717, 1.165) is 40.4 Å². The van der Waals surface area contributed by atoms with Gasteiger partial charge in [0.25, 0.3) is 0 Å². The number of benzene rings is 2. The van der Waals surface area contributed by atoms with Gasteiger partial charge in [-0.2, -0.15) is 0 Å². The van der Waals surface area contributed by atoms with Crippen LogP contribution in [-0.2, 0) is 25.6 Å². The normalized spacial score (nSPS) is 18.8. The maximum Gasteiger partial charge on any atom is 0.344 e. The minimum atomic E-state index is -0.649. The number of hydrogen-bond donors (Lipinski definition) is 2. The molecule has 2 N–H and O–H groups in total. The number of rotatable bonds is 10. The number of thioether (sulfide) groups is 1. The molecule has 3 heterocycles. The number of nitrogens with one attached hydrogen (secondary N) is 1. The van der Waals surface area contributed by atoms with E-state index >= 15 is 0 Å². The van der Waals surface area contributed by atoms with Crippen LogP contribution in [0.3, 0.4) is 0 Å². The summed E-state index contributed by atoms with van der Waals surface area (Å²) in [4.78, 5) is 30.8. The molecule has 42 heavy (non-hydrogen) atoms. The second kappa shape index (κ2) is 13.6.